The Bertz CT molecular complexity index is 479. The van der Waals surface area contributed by atoms with Gasteiger partial charge in [0.1, 0.15) is 0 Å². The second kappa shape index (κ2) is 6.60. The van der Waals surface area contributed by atoms with Gasteiger partial charge in [-0.3, -0.25) is 4.99 Å². The van der Waals surface area contributed by atoms with Crippen LogP contribution in [0.3, 0.4) is 0 Å². The minimum atomic E-state index is -1.45. The molecule has 1 aliphatic rings. The van der Waals surface area contributed by atoms with Crippen molar-refractivity contribution in [3.8, 4) is 0 Å². The Labute approximate surface area is 115 Å². The predicted molar refractivity (Wildman–Crippen MR) is 68.9 cm³/mol. The number of hydrogen-bond donors (Lipinski definition) is 1. The number of hydrogen-bond acceptors (Lipinski definition) is 2. The zero-order valence-electron chi connectivity index (χ0n) is 10.9. The van der Waals surface area contributed by atoms with Gasteiger partial charge in [0.2, 0.25) is 0 Å². The summed E-state index contributed by atoms with van der Waals surface area (Å²) in [6, 6.07) is 1.94. The number of ether oxygens (including phenoxy) is 1. The summed E-state index contributed by atoms with van der Waals surface area (Å²) in [6.45, 7) is 2.84. The van der Waals surface area contributed by atoms with Crippen molar-refractivity contribution in [2.75, 3.05) is 32.8 Å². The fraction of sp³-hybridized carbons (Fsp3) is 0.462. The van der Waals surface area contributed by atoms with Crippen LogP contribution in [-0.2, 0) is 11.2 Å². The highest BCUT2D eigenvalue weighted by atomic mass is 19.2. The van der Waals surface area contributed by atoms with Crippen LogP contribution >= 0.6 is 0 Å². The molecule has 0 aromatic heterocycles. The Morgan fingerprint density at radius 1 is 1.20 bits per heavy atom. The summed E-state index contributed by atoms with van der Waals surface area (Å²) < 4.78 is 44.0. The monoisotopic (exact) mass is 287 g/mol. The van der Waals surface area contributed by atoms with Crippen LogP contribution in [-0.4, -0.2) is 43.7 Å². The molecule has 0 radical (unpaired) electrons. The van der Waals surface area contributed by atoms with Crippen LogP contribution < -0.4 is 5.73 Å². The first-order chi connectivity index (χ1) is 9.58. The molecular formula is C13H16F3N3O. The summed E-state index contributed by atoms with van der Waals surface area (Å²) in [5.74, 6) is -3.45. The van der Waals surface area contributed by atoms with Gasteiger partial charge in [0, 0.05) is 19.6 Å². The highest BCUT2D eigenvalue weighted by Crippen LogP contribution is 2.14. The number of aliphatic imine (C=N–C) groups is 1. The topological polar surface area (TPSA) is 50.8 Å². The molecule has 4 nitrogen and oxygen atoms in total. The van der Waals surface area contributed by atoms with Gasteiger partial charge in [-0.2, -0.15) is 0 Å². The first-order valence-corrected chi connectivity index (χ1v) is 6.34. The minimum Gasteiger partial charge on any atom is -0.378 e. The van der Waals surface area contributed by atoms with Crippen LogP contribution in [0.5, 0.6) is 0 Å². The maximum Gasteiger partial charge on any atom is 0.194 e. The van der Waals surface area contributed by atoms with Crippen molar-refractivity contribution in [1.82, 2.24) is 4.90 Å². The average Bonchev–Trinajstić information content (AvgIpc) is 2.45. The highest BCUT2D eigenvalue weighted by Gasteiger charge is 2.12. The third kappa shape index (κ3) is 3.63. The Kier molecular flexibility index (Phi) is 4.84. The van der Waals surface area contributed by atoms with E-state index in [1.54, 1.807) is 0 Å². The zero-order valence-corrected chi connectivity index (χ0v) is 10.9. The van der Waals surface area contributed by atoms with Gasteiger partial charge in [-0.1, -0.05) is 0 Å². The van der Waals surface area contributed by atoms with Gasteiger partial charge < -0.3 is 15.4 Å². The molecule has 0 spiro atoms. The maximum absolute atomic E-state index is 13.0. The number of morpholine rings is 1. The lowest BCUT2D eigenvalue weighted by Gasteiger charge is -2.27. The van der Waals surface area contributed by atoms with Crippen LogP contribution in [0.2, 0.25) is 0 Å². The van der Waals surface area contributed by atoms with Crippen molar-refractivity contribution < 1.29 is 17.9 Å². The molecule has 1 aliphatic heterocycles. The Morgan fingerprint density at radius 2 is 1.80 bits per heavy atom. The van der Waals surface area contributed by atoms with Crippen LogP contribution in [0.1, 0.15) is 5.56 Å². The van der Waals surface area contributed by atoms with Crippen LogP contribution in [0.25, 0.3) is 0 Å². The number of halogens is 3. The molecular weight excluding hydrogens is 271 g/mol. The molecule has 20 heavy (non-hydrogen) atoms. The number of nitrogens with zero attached hydrogens (tertiary/aromatic N) is 2. The molecule has 110 valence electrons. The van der Waals surface area contributed by atoms with Gasteiger partial charge in [0.15, 0.2) is 23.4 Å². The largest absolute Gasteiger partial charge is 0.378 e. The van der Waals surface area contributed by atoms with Gasteiger partial charge in [0.05, 0.1) is 13.2 Å². The molecule has 0 saturated carbocycles. The molecule has 7 heteroatoms. The maximum atomic E-state index is 13.0. The number of guanidine groups is 1. The summed E-state index contributed by atoms with van der Waals surface area (Å²) in [5.41, 5.74) is 6.16. The SMILES string of the molecule is NC(=NCCc1cc(F)c(F)c(F)c1)N1CCOCC1. The van der Waals surface area contributed by atoms with Crippen molar-refractivity contribution in [2.24, 2.45) is 10.7 Å². The van der Waals surface area contributed by atoms with Gasteiger partial charge in [-0.25, -0.2) is 13.2 Å². The molecule has 1 heterocycles. The molecule has 1 saturated heterocycles. The lowest BCUT2D eigenvalue weighted by atomic mass is 10.1. The standard InChI is InChI=1S/C13H16F3N3O/c14-10-7-9(8-11(15)12(10)16)1-2-18-13(17)19-3-5-20-6-4-19/h7-8H,1-6H2,(H2,17,18). The average molecular weight is 287 g/mol. The summed E-state index contributed by atoms with van der Waals surface area (Å²) >= 11 is 0. The van der Waals surface area contributed by atoms with Crippen LogP contribution in [0, 0.1) is 17.5 Å². The lowest BCUT2D eigenvalue weighted by molar-refractivity contribution is 0.0674. The summed E-state index contributed by atoms with van der Waals surface area (Å²) in [4.78, 5) is 6.04. The Morgan fingerprint density at radius 3 is 2.40 bits per heavy atom. The normalized spacial score (nSPS) is 16.6. The van der Waals surface area contributed by atoms with Crippen molar-refractivity contribution in [2.45, 2.75) is 6.42 Å². The quantitative estimate of drug-likeness (QED) is 0.518. The predicted octanol–water partition coefficient (Wildman–Crippen LogP) is 1.29. The molecule has 0 bridgehead atoms. The first-order valence-electron chi connectivity index (χ1n) is 6.34. The Balaban J connectivity index is 1.91. The van der Waals surface area contributed by atoms with E-state index in [4.69, 9.17) is 10.5 Å². The van der Waals surface area contributed by atoms with Crippen molar-refractivity contribution in [1.29, 1.82) is 0 Å². The summed E-state index contributed by atoms with van der Waals surface area (Å²) in [7, 11) is 0. The number of nitrogens with two attached hydrogens (primary N) is 1. The van der Waals surface area contributed by atoms with Gasteiger partial charge >= 0.3 is 0 Å². The van der Waals surface area contributed by atoms with Crippen molar-refractivity contribution in [3.63, 3.8) is 0 Å². The molecule has 0 aliphatic carbocycles. The lowest BCUT2D eigenvalue weighted by Crippen LogP contribution is -2.44. The fourth-order valence-electron chi connectivity index (χ4n) is 1.94. The van der Waals surface area contributed by atoms with E-state index in [1.807, 2.05) is 4.90 Å². The Hall–Kier alpha value is -1.76. The van der Waals surface area contributed by atoms with Crippen LogP contribution in [0.4, 0.5) is 13.2 Å². The van der Waals surface area contributed by atoms with E-state index in [0.29, 0.717) is 44.2 Å². The second-order valence-electron chi connectivity index (χ2n) is 4.46. The smallest absolute Gasteiger partial charge is 0.194 e. The van der Waals surface area contributed by atoms with E-state index >= 15 is 0 Å². The van der Waals surface area contributed by atoms with Gasteiger partial charge in [0.25, 0.3) is 0 Å². The second-order valence-corrected chi connectivity index (χ2v) is 4.46. The highest BCUT2D eigenvalue weighted by molar-refractivity contribution is 5.78. The molecule has 1 fully saturated rings. The summed E-state index contributed by atoms with van der Waals surface area (Å²) in [5, 5.41) is 0. The molecule has 2 N–H and O–H groups in total. The van der Waals surface area contributed by atoms with Crippen molar-refractivity contribution >= 4 is 5.96 Å². The number of rotatable bonds is 3. The van der Waals surface area contributed by atoms with E-state index in [9.17, 15) is 13.2 Å². The van der Waals surface area contributed by atoms with Crippen molar-refractivity contribution in [3.05, 3.63) is 35.1 Å². The fourth-order valence-corrected chi connectivity index (χ4v) is 1.94. The van der Waals surface area contributed by atoms with Gasteiger partial charge in [-0.15, -0.1) is 0 Å². The zero-order chi connectivity index (χ0) is 14.5. The molecule has 2 rings (SSSR count). The van der Waals surface area contributed by atoms with E-state index in [1.165, 1.54) is 0 Å². The van der Waals surface area contributed by atoms with E-state index < -0.39 is 17.5 Å². The van der Waals surface area contributed by atoms with E-state index in [2.05, 4.69) is 4.99 Å². The van der Waals surface area contributed by atoms with E-state index in [0.717, 1.165) is 12.1 Å². The molecule has 1 aromatic rings. The van der Waals surface area contributed by atoms with E-state index in [-0.39, 0.29) is 6.54 Å². The molecule has 1 aromatic carbocycles. The first kappa shape index (κ1) is 14.6. The van der Waals surface area contributed by atoms with Gasteiger partial charge in [-0.05, 0) is 24.1 Å². The molecule has 0 amide bonds. The molecule has 0 unspecified atom stereocenters. The molecule has 0 atom stereocenters. The summed E-state index contributed by atoms with van der Waals surface area (Å²) in [6.07, 6.45) is 0.291. The third-order valence-electron chi connectivity index (χ3n) is 3.05. The minimum absolute atomic E-state index is 0.285. The van der Waals surface area contributed by atoms with Crippen LogP contribution in [0.15, 0.2) is 17.1 Å². The number of benzene rings is 1. The third-order valence-corrected chi connectivity index (χ3v) is 3.05.